The summed E-state index contributed by atoms with van der Waals surface area (Å²) in [5, 5.41) is 4.65. The lowest BCUT2D eigenvalue weighted by Crippen LogP contribution is -2.16. The molecule has 4 heteroatoms. The Morgan fingerprint density at radius 1 is 1.20 bits per heavy atom. The van der Waals surface area contributed by atoms with Crippen LogP contribution in [0, 0.1) is 6.92 Å². The van der Waals surface area contributed by atoms with Crippen molar-refractivity contribution < 1.29 is 0 Å². The smallest absolute Gasteiger partial charge is 0.0644 e. The minimum Gasteiger partial charge on any atom is -0.322 e. The summed E-state index contributed by atoms with van der Waals surface area (Å²) >= 11 is 0. The molecule has 4 nitrogen and oxygen atoms in total. The predicted molar refractivity (Wildman–Crippen MR) is 81.5 cm³/mol. The van der Waals surface area contributed by atoms with Gasteiger partial charge in [-0.05, 0) is 38.0 Å². The number of aromatic nitrogens is 3. The zero-order valence-corrected chi connectivity index (χ0v) is 12.6. The summed E-state index contributed by atoms with van der Waals surface area (Å²) in [5.41, 5.74) is 9.20. The molecule has 0 aromatic carbocycles. The number of nitrogens with two attached hydrogens (primary N) is 1. The summed E-state index contributed by atoms with van der Waals surface area (Å²) < 4.78 is 2.06. The van der Waals surface area contributed by atoms with Gasteiger partial charge in [-0.2, -0.15) is 5.10 Å². The normalized spacial score (nSPS) is 12.8. The van der Waals surface area contributed by atoms with E-state index < -0.39 is 0 Å². The second kappa shape index (κ2) is 6.66. The van der Waals surface area contributed by atoms with E-state index in [2.05, 4.69) is 40.9 Å². The molecule has 2 N–H and O–H groups in total. The van der Waals surface area contributed by atoms with Crippen LogP contribution in [0.1, 0.15) is 55.9 Å². The van der Waals surface area contributed by atoms with E-state index in [-0.39, 0.29) is 6.04 Å². The average molecular weight is 272 g/mol. The topological polar surface area (TPSA) is 56.7 Å². The Balaban J connectivity index is 2.06. The molecule has 2 heterocycles. The van der Waals surface area contributed by atoms with Crippen LogP contribution in [0.25, 0.3) is 0 Å². The Hall–Kier alpha value is -1.68. The van der Waals surface area contributed by atoms with Gasteiger partial charge in [0.1, 0.15) is 0 Å². The minimum atomic E-state index is -0.0973. The summed E-state index contributed by atoms with van der Waals surface area (Å²) in [6.07, 6.45) is 4.99. The van der Waals surface area contributed by atoms with Crippen molar-refractivity contribution in [3.63, 3.8) is 0 Å². The van der Waals surface area contributed by atoms with E-state index in [1.165, 1.54) is 0 Å². The molecule has 0 fully saturated rings. The highest BCUT2D eigenvalue weighted by Crippen LogP contribution is 2.17. The molecule has 0 aliphatic heterocycles. The van der Waals surface area contributed by atoms with Gasteiger partial charge >= 0.3 is 0 Å². The maximum absolute atomic E-state index is 6.23. The predicted octanol–water partition coefficient (Wildman–Crippen LogP) is 3.19. The van der Waals surface area contributed by atoms with Crippen LogP contribution in [-0.2, 0) is 6.42 Å². The number of aryl methyl sites for hydroxylation is 1. The maximum atomic E-state index is 6.23. The van der Waals surface area contributed by atoms with Gasteiger partial charge in [-0.1, -0.05) is 19.9 Å². The molecule has 20 heavy (non-hydrogen) atoms. The van der Waals surface area contributed by atoms with Gasteiger partial charge in [-0.15, -0.1) is 0 Å². The zero-order chi connectivity index (χ0) is 14.5. The molecule has 0 amide bonds. The Kier molecular flexibility index (Phi) is 4.90. The first kappa shape index (κ1) is 14.7. The van der Waals surface area contributed by atoms with Gasteiger partial charge in [0.15, 0.2) is 0 Å². The fourth-order valence-electron chi connectivity index (χ4n) is 2.45. The summed E-state index contributed by atoms with van der Waals surface area (Å²) in [4.78, 5) is 4.48. The quantitative estimate of drug-likeness (QED) is 0.878. The van der Waals surface area contributed by atoms with Gasteiger partial charge in [0, 0.05) is 18.3 Å². The third kappa shape index (κ3) is 3.45. The van der Waals surface area contributed by atoms with Crippen molar-refractivity contribution in [2.45, 2.75) is 52.1 Å². The average Bonchev–Trinajstić information content (AvgIpc) is 2.88. The third-order valence-corrected chi connectivity index (χ3v) is 3.70. The van der Waals surface area contributed by atoms with E-state index in [1.54, 1.807) is 0 Å². The molecule has 0 aliphatic rings. The Bertz CT molecular complexity index is 543. The van der Waals surface area contributed by atoms with Crippen LogP contribution in [0.2, 0.25) is 0 Å². The van der Waals surface area contributed by atoms with Crippen LogP contribution < -0.4 is 5.73 Å². The van der Waals surface area contributed by atoms with Crippen LogP contribution >= 0.6 is 0 Å². The highest BCUT2D eigenvalue weighted by Gasteiger charge is 2.12. The molecule has 2 rings (SSSR count). The van der Waals surface area contributed by atoms with Gasteiger partial charge in [0.25, 0.3) is 0 Å². The molecule has 2 aromatic rings. The van der Waals surface area contributed by atoms with Crippen molar-refractivity contribution >= 4 is 0 Å². The van der Waals surface area contributed by atoms with Crippen molar-refractivity contribution in [2.24, 2.45) is 5.73 Å². The Morgan fingerprint density at radius 2 is 1.95 bits per heavy atom. The van der Waals surface area contributed by atoms with Crippen LogP contribution in [0.4, 0.5) is 0 Å². The number of hydrogen-bond acceptors (Lipinski definition) is 3. The minimum absolute atomic E-state index is 0.0973. The molecule has 1 unspecified atom stereocenters. The largest absolute Gasteiger partial charge is 0.322 e. The lowest BCUT2D eigenvalue weighted by atomic mass is 10.1. The monoisotopic (exact) mass is 272 g/mol. The number of nitrogens with zero attached hydrogens (tertiary/aromatic N) is 3. The molecule has 0 spiro atoms. The molecule has 0 bridgehead atoms. The molecule has 0 aliphatic carbocycles. The van der Waals surface area contributed by atoms with E-state index >= 15 is 0 Å². The number of rotatable bonds is 6. The molecule has 0 saturated carbocycles. The second-order valence-electron chi connectivity index (χ2n) is 5.27. The van der Waals surface area contributed by atoms with Gasteiger partial charge in [-0.3, -0.25) is 9.67 Å². The first-order valence-corrected chi connectivity index (χ1v) is 7.37. The first-order chi connectivity index (χ1) is 9.63. The van der Waals surface area contributed by atoms with Crippen LogP contribution in [-0.4, -0.2) is 14.8 Å². The van der Waals surface area contributed by atoms with Gasteiger partial charge < -0.3 is 5.73 Å². The standard InChI is InChI=1S/C16H24N4/c1-4-14(5-2)20-10-9-13(19-20)11-15(17)16-8-6-7-12(3)18-16/h6-10,14-15H,4-5,11,17H2,1-3H3. The molecule has 1 atom stereocenters. The Labute approximate surface area is 121 Å². The van der Waals surface area contributed by atoms with E-state index in [1.807, 2.05) is 25.1 Å². The molecule has 0 radical (unpaired) electrons. The van der Waals surface area contributed by atoms with E-state index in [4.69, 9.17) is 5.73 Å². The van der Waals surface area contributed by atoms with Gasteiger partial charge in [-0.25, -0.2) is 0 Å². The SMILES string of the molecule is CCC(CC)n1ccc(CC(N)c2cccc(C)n2)n1. The maximum Gasteiger partial charge on any atom is 0.0644 e. The molecule has 0 saturated heterocycles. The molecule has 108 valence electrons. The van der Waals surface area contributed by atoms with E-state index in [0.717, 1.165) is 36.3 Å². The molecular weight excluding hydrogens is 248 g/mol. The summed E-state index contributed by atoms with van der Waals surface area (Å²) in [7, 11) is 0. The van der Waals surface area contributed by atoms with Crippen LogP contribution in [0.15, 0.2) is 30.5 Å². The lowest BCUT2D eigenvalue weighted by Gasteiger charge is -2.13. The van der Waals surface area contributed by atoms with Crippen LogP contribution in [0.5, 0.6) is 0 Å². The molecule has 2 aromatic heterocycles. The van der Waals surface area contributed by atoms with Crippen molar-refractivity contribution in [1.82, 2.24) is 14.8 Å². The van der Waals surface area contributed by atoms with Crippen LogP contribution in [0.3, 0.4) is 0 Å². The van der Waals surface area contributed by atoms with E-state index in [0.29, 0.717) is 6.04 Å². The first-order valence-electron chi connectivity index (χ1n) is 7.37. The van der Waals surface area contributed by atoms with Gasteiger partial charge in [0.2, 0.25) is 0 Å². The van der Waals surface area contributed by atoms with Crippen molar-refractivity contribution in [2.75, 3.05) is 0 Å². The Morgan fingerprint density at radius 3 is 2.60 bits per heavy atom. The zero-order valence-electron chi connectivity index (χ0n) is 12.6. The van der Waals surface area contributed by atoms with Crippen molar-refractivity contribution in [3.05, 3.63) is 47.5 Å². The number of hydrogen-bond donors (Lipinski definition) is 1. The highest BCUT2D eigenvalue weighted by molar-refractivity contribution is 5.15. The van der Waals surface area contributed by atoms with Crippen molar-refractivity contribution in [3.8, 4) is 0 Å². The number of pyridine rings is 1. The van der Waals surface area contributed by atoms with Gasteiger partial charge in [0.05, 0.1) is 23.5 Å². The summed E-state index contributed by atoms with van der Waals surface area (Å²) in [6, 6.07) is 8.42. The van der Waals surface area contributed by atoms with E-state index in [9.17, 15) is 0 Å². The molecular formula is C16H24N4. The fraction of sp³-hybridized carbons (Fsp3) is 0.500. The third-order valence-electron chi connectivity index (χ3n) is 3.70. The summed E-state index contributed by atoms with van der Waals surface area (Å²) in [5.74, 6) is 0. The fourth-order valence-corrected chi connectivity index (χ4v) is 2.45. The lowest BCUT2D eigenvalue weighted by molar-refractivity contribution is 0.424. The van der Waals surface area contributed by atoms with Crippen molar-refractivity contribution in [1.29, 1.82) is 0 Å². The highest BCUT2D eigenvalue weighted by atomic mass is 15.3. The second-order valence-corrected chi connectivity index (χ2v) is 5.27. The summed E-state index contributed by atoms with van der Waals surface area (Å²) in [6.45, 7) is 6.37.